The van der Waals surface area contributed by atoms with Crippen LogP contribution < -0.4 is 10.2 Å². The van der Waals surface area contributed by atoms with Crippen molar-refractivity contribution in [3.05, 3.63) is 28.3 Å². The molecular formula is C9H11N3O7S. The highest BCUT2D eigenvalue weighted by atomic mass is 32.2. The van der Waals surface area contributed by atoms with Crippen molar-refractivity contribution in [2.24, 2.45) is 0 Å². The highest BCUT2D eigenvalue weighted by molar-refractivity contribution is 7.89. The SMILES string of the molecule is CNS(=O)(=O)c1ccc(NOCC(=O)O)c([N+](=O)[O-])c1. The predicted octanol–water partition coefficient (Wildman–Crippen LogP) is -0.0690. The fourth-order valence-electron chi connectivity index (χ4n) is 1.21. The molecule has 0 saturated carbocycles. The molecule has 0 atom stereocenters. The number of nitrogens with zero attached hydrogens (tertiary/aromatic N) is 1. The van der Waals surface area contributed by atoms with Gasteiger partial charge in [-0.2, -0.15) is 0 Å². The van der Waals surface area contributed by atoms with Gasteiger partial charge in [-0.1, -0.05) is 0 Å². The molecule has 0 fully saturated rings. The third kappa shape index (κ3) is 3.88. The fraction of sp³-hybridized carbons (Fsp3) is 0.222. The van der Waals surface area contributed by atoms with Crippen LogP contribution in [-0.4, -0.2) is 38.1 Å². The van der Waals surface area contributed by atoms with Crippen LogP contribution in [0.1, 0.15) is 0 Å². The first-order valence-corrected chi connectivity index (χ1v) is 6.58. The highest BCUT2D eigenvalue weighted by Gasteiger charge is 2.20. The molecule has 11 heteroatoms. The summed E-state index contributed by atoms with van der Waals surface area (Å²) < 4.78 is 25.1. The maximum absolute atomic E-state index is 11.5. The summed E-state index contributed by atoms with van der Waals surface area (Å²) in [5.41, 5.74) is 1.36. The summed E-state index contributed by atoms with van der Waals surface area (Å²) in [6.07, 6.45) is 0. The average Bonchev–Trinajstić information content (AvgIpc) is 2.38. The Bertz CT molecular complexity index is 628. The van der Waals surface area contributed by atoms with Gasteiger partial charge in [0, 0.05) is 6.07 Å². The number of hydrogen-bond acceptors (Lipinski definition) is 7. The van der Waals surface area contributed by atoms with E-state index in [1.165, 1.54) is 7.05 Å². The minimum atomic E-state index is -3.82. The minimum absolute atomic E-state index is 0.161. The minimum Gasteiger partial charge on any atom is -0.479 e. The van der Waals surface area contributed by atoms with E-state index >= 15 is 0 Å². The molecular weight excluding hydrogens is 294 g/mol. The smallest absolute Gasteiger partial charge is 0.332 e. The van der Waals surface area contributed by atoms with Gasteiger partial charge in [-0.05, 0) is 19.2 Å². The van der Waals surface area contributed by atoms with Gasteiger partial charge in [-0.25, -0.2) is 17.9 Å². The molecule has 0 spiro atoms. The van der Waals surface area contributed by atoms with Gasteiger partial charge in [0.25, 0.3) is 5.69 Å². The van der Waals surface area contributed by atoms with E-state index in [0.717, 1.165) is 18.2 Å². The van der Waals surface area contributed by atoms with Gasteiger partial charge in [-0.3, -0.25) is 20.4 Å². The third-order valence-electron chi connectivity index (χ3n) is 2.12. The number of nitrogens with one attached hydrogen (secondary N) is 2. The Labute approximate surface area is 113 Å². The van der Waals surface area contributed by atoms with Crippen molar-refractivity contribution < 1.29 is 28.1 Å². The summed E-state index contributed by atoms with van der Waals surface area (Å²) in [6, 6.07) is 3.05. The fourth-order valence-corrected chi connectivity index (χ4v) is 1.96. The molecule has 20 heavy (non-hydrogen) atoms. The van der Waals surface area contributed by atoms with Crippen LogP contribution in [0.15, 0.2) is 23.1 Å². The summed E-state index contributed by atoms with van der Waals surface area (Å²) in [5, 5.41) is 19.2. The molecule has 0 saturated heterocycles. The number of nitro groups is 1. The number of carboxylic acids is 1. The molecule has 0 aromatic heterocycles. The van der Waals surface area contributed by atoms with Crippen molar-refractivity contribution in [1.82, 2.24) is 4.72 Å². The maximum atomic E-state index is 11.5. The monoisotopic (exact) mass is 305 g/mol. The Kier molecular flexibility index (Phi) is 4.96. The number of carboxylic acid groups (broad SMARTS) is 1. The number of nitro benzene ring substituents is 1. The Morgan fingerprint density at radius 2 is 2.15 bits per heavy atom. The van der Waals surface area contributed by atoms with Crippen molar-refractivity contribution in [3.8, 4) is 0 Å². The molecule has 0 aliphatic heterocycles. The van der Waals surface area contributed by atoms with Crippen molar-refractivity contribution in [3.63, 3.8) is 0 Å². The lowest BCUT2D eigenvalue weighted by Crippen LogP contribution is -2.19. The molecule has 3 N–H and O–H groups in total. The maximum Gasteiger partial charge on any atom is 0.332 e. The van der Waals surface area contributed by atoms with Gasteiger partial charge in [-0.15, -0.1) is 0 Å². The molecule has 1 aromatic rings. The molecule has 10 nitrogen and oxygen atoms in total. The molecule has 1 rings (SSSR count). The molecule has 0 amide bonds. The van der Waals surface area contributed by atoms with Crippen LogP contribution in [0.5, 0.6) is 0 Å². The van der Waals surface area contributed by atoms with Crippen LogP contribution in [0.2, 0.25) is 0 Å². The molecule has 0 unspecified atom stereocenters. The molecule has 0 heterocycles. The normalized spacial score (nSPS) is 11.1. The zero-order valence-corrected chi connectivity index (χ0v) is 11.0. The lowest BCUT2D eigenvalue weighted by Gasteiger charge is -2.08. The Balaban J connectivity index is 3.09. The van der Waals surface area contributed by atoms with E-state index in [4.69, 9.17) is 5.11 Å². The summed E-state index contributed by atoms with van der Waals surface area (Å²) in [5.74, 6) is -1.27. The van der Waals surface area contributed by atoms with Gasteiger partial charge in [0.15, 0.2) is 6.61 Å². The van der Waals surface area contributed by atoms with E-state index in [1.54, 1.807) is 0 Å². The lowest BCUT2D eigenvalue weighted by atomic mass is 10.3. The van der Waals surface area contributed by atoms with Crippen molar-refractivity contribution in [1.29, 1.82) is 0 Å². The molecule has 0 bridgehead atoms. The summed E-state index contributed by atoms with van der Waals surface area (Å²) in [7, 11) is -2.65. The highest BCUT2D eigenvalue weighted by Crippen LogP contribution is 2.27. The first kappa shape index (κ1) is 15.8. The van der Waals surface area contributed by atoms with E-state index in [0.29, 0.717) is 0 Å². The standard InChI is InChI=1S/C9H11N3O7S/c1-10-20(17,18)6-2-3-7(8(4-6)12(15)16)11-19-5-9(13)14/h2-4,10-11H,5H2,1H3,(H,13,14). The lowest BCUT2D eigenvalue weighted by molar-refractivity contribution is -0.384. The number of rotatable bonds is 7. The first-order chi connectivity index (χ1) is 9.27. The second-order valence-corrected chi connectivity index (χ2v) is 5.31. The van der Waals surface area contributed by atoms with Gasteiger partial charge in [0.1, 0.15) is 5.69 Å². The van der Waals surface area contributed by atoms with Gasteiger partial charge in [0.2, 0.25) is 10.0 Å². The number of hydrogen-bond donors (Lipinski definition) is 3. The predicted molar refractivity (Wildman–Crippen MR) is 66.6 cm³/mol. The van der Waals surface area contributed by atoms with Crippen molar-refractivity contribution >= 4 is 27.4 Å². The number of benzene rings is 1. The molecule has 110 valence electrons. The van der Waals surface area contributed by atoms with Crippen LogP contribution in [0.4, 0.5) is 11.4 Å². The summed E-state index contributed by atoms with van der Waals surface area (Å²) >= 11 is 0. The Morgan fingerprint density at radius 1 is 1.50 bits per heavy atom. The van der Waals surface area contributed by atoms with Crippen LogP contribution in [0.3, 0.4) is 0 Å². The number of aliphatic carboxylic acids is 1. The van der Waals surface area contributed by atoms with E-state index in [1.807, 2.05) is 4.72 Å². The van der Waals surface area contributed by atoms with E-state index in [2.05, 4.69) is 10.3 Å². The topological polar surface area (TPSA) is 148 Å². The van der Waals surface area contributed by atoms with Crippen molar-refractivity contribution in [2.75, 3.05) is 19.1 Å². The first-order valence-electron chi connectivity index (χ1n) is 5.09. The molecule has 0 radical (unpaired) electrons. The summed E-state index contributed by atoms with van der Waals surface area (Å²) in [4.78, 5) is 24.5. The molecule has 0 aliphatic carbocycles. The zero-order chi connectivity index (χ0) is 15.3. The van der Waals surface area contributed by atoms with E-state index in [-0.39, 0.29) is 10.6 Å². The van der Waals surface area contributed by atoms with Gasteiger partial charge >= 0.3 is 5.97 Å². The third-order valence-corrected chi connectivity index (χ3v) is 3.53. The zero-order valence-electron chi connectivity index (χ0n) is 10.2. The Morgan fingerprint density at radius 3 is 2.65 bits per heavy atom. The van der Waals surface area contributed by atoms with Gasteiger partial charge in [0.05, 0.1) is 9.82 Å². The van der Waals surface area contributed by atoms with E-state index in [9.17, 15) is 23.3 Å². The number of sulfonamides is 1. The van der Waals surface area contributed by atoms with E-state index < -0.39 is 33.2 Å². The van der Waals surface area contributed by atoms with Crippen LogP contribution in [0, 0.1) is 10.1 Å². The van der Waals surface area contributed by atoms with Crippen molar-refractivity contribution in [2.45, 2.75) is 4.90 Å². The Hall–Kier alpha value is -2.24. The second-order valence-electron chi connectivity index (χ2n) is 3.43. The molecule has 0 aliphatic rings. The van der Waals surface area contributed by atoms with Gasteiger partial charge < -0.3 is 5.11 Å². The number of carbonyl (C=O) groups is 1. The van der Waals surface area contributed by atoms with Crippen LogP contribution >= 0.6 is 0 Å². The average molecular weight is 305 g/mol. The second kappa shape index (κ2) is 6.27. The van der Waals surface area contributed by atoms with Crippen LogP contribution in [0.25, 0.3) is 0 Å². The van der Waals surface area contributed by atoms with Crippen LogP contribution in [-0.2, 0) is 19.7 Å². The summed E-state index contributed by atoms with van der Waals surface area (Å²) in [6.45, 7) is -0.715. The number of anilines is 1. The molecule has 1 aromatic carbocycles. The largest absolute Gasteiger partial charge is 0.479 e. The quantitative estimate of drug-likeness (QED) is 0.468.